The summed E-state index contributed by atoms with van der Waals surface area (Å²) in [5, 5.41) is 0. The number of halogens is 2. The van der Waals surface area contributed by atoms with Crippen LogP contribution in [0.1, 0.15) is 43.4 Å². The van der Waals surface area contributed by atoms with E-state index in [1.54, 1.807) is 17.6 Å². The number of benzene rings is 4. The van der Waals surface area contributed by atoms with E-state index in [1.165, 1.54) is 33.4 Å². The quantitative estimate of drug-likeness (QED) is 0.344. The maximum atomic E-state index is 2.48. The number of rotatable bonds is 4. The van der Waals surface area contributed by atoms with Crippen LogP contribution in [0.5, 0.6) is 0 Å². The molecule has 0 bridgehead atoms. The molecule has 0 saturated carbocycles. The minimum Gasteiger partial charge on any atom is -1.00 e. The van der Waals surface area contributed by atoms with Crippen LogP contribution >= 0.6 is 0 Å². The van der Waals surface area contributed by atoms with E-state index in [9.17, 15) is 0 Å². The summed E-state index contributed by atoms with van der Waals surface area (Å²) in [6.45, 7) is 4.48. The Morgan fingerprint density at radius 3 is 1.61 bits per heavy atom. The van der Waals surface area contributed by atoms with Gasteiger partial charge in [-0.25, -0.2) is 0 Å². The van der Waals surface area contributed by atoms with E-state index >= 15 is 0 Å². The largest absolute Gasteiger partial charge is 1.00 e. The summed E-state index contributed by atoms with van der Waals surface area (Å²) in [6.07, 6.45) is 8.18. The fourth-order valence-electron chi connectivity index (χ4n) is 5.64. The van der Waals surface area contributed by atoms with Gasteiger partial charge >= 0.3 is 211 Å². The average Bonchev–Trinajstić information content (AvgIpc) is 3.50. The first kappa shape index (κ1) is 26.7. The molecule has 0 aliphatic heterocycles. The van der Waals surface area contributed by atoms with Crippen LogP contribution in [0.2, 0.25) is 0 Å². The Bertz CT molecular complexity index is 1390. The monoisotopic (exact) mass is 584 g/mol. The van der Waals surface area contributed by atoms with Crippen LogP contribution in [0, 0.1) is 13.8 Å². The Morgan fingerprint density at radius 1 is 0.667 bits per heavy atom. The SMILES string of the molecule is Cc1ccc2c(c1)[CH]([Zr+2]([C]1=CC=CC1)=[C](c1ccccc1)c1ccccc1)c1cc(C)ccc1-2.[Cl-].[Cl-]. The molecule has 0 fully saturated rings. The van der Waals surface area contributed by atoms with Crippen molar-refractivity contribution in [2.45, 2.75) is 23.9 Å². The van der Waals surface area contributed by atoms with Gasteiger partial charge in [0.1, 0.15) is 0 Å². The zero-order chi connectivity index (χ0) is 23.1. The topological polar surface area (TPSA) is 0 Å². The second-order valence-electron chi connectivity index (χ2n) is 9.46. The summed E-state index contributed by atoms with van der Waals surface area (Å²) < 4.78 is 3.79. The second kappa shape index (κ2) is 11.4. The third-order valence-electron chi connectivity index (χ3n) is 7.13. The zero-order valence-corrected chi connectivity index (χ0v) is 24.5. The third kappa shape index (κ3) is 4.82. The molecule has 0 radical (unpaired) electrons. The summed E-state index contributed by atoms with van der Waals surface area (Å²) in [5.74, 6) is 0. The van der Waals surface area contributed by atoms with Gasteiger partial charge in [-0.1, -0.05) is 0 Å². The fourth-order valence-corrected chi connectivity index (χ4v) is 14.6. The number of hydrogen-bond donors (Lipinski definition) is 0. The first-order valence-corrected chi connectivity index (χ1v) is 16.0. The van der Waals surface area contributed by atoms with Gasteiger partial charge in [-0.2, -0.15) is 0 Å². The Morgan fingerprint density at radius 2 is 1.17 bits per heavy atom. The molecule has 4 aromatic rings. The number of aryl methyl sites for hydroxylation is 2. The maximum absolute atomic E-state index is 2.52. The smallest absolute Gasteiger partial charge is 1.00 e. The van der Waals surface area contributed by atoms with Gasteiger partial charge in [0.05, 0.1) is 0 Å². The van der Waals surface area contributed by atoms with Crippen molar-refractivity contribution in [2.75, 3.05) is 0 Å². The Hall–Kier alpha value is -2.31. The van der Waals surface area contributed by atoms with Gasteiger partial charge in [0.15, 0.2) is 0 Å². The van der Waals surface area contributed by atoms with Crippen molar-refractivity contribution in [2.24, 2.45) is 0 Å². The summed E-state index contributed by atoms with van der Waals surface area (Å²) in [4.78, 5) is 0. The summed E-state index contributed by atoms with van der Waals surface area (Å²) in [6, 6.07) is 36.6. The minimum atomic E-state index is -2.52. The predicted octanol–water partition coefficient (Wildman–Crippen LogP) is 2.11. The fraction of sp³-hybridized carbons (Fsp3) is 0.121. The van der Waals surface area contributed by atoms with Gasteiger partial charge in [-0.05, 0) is 0 Å². The van der Waals surface area contributed by atoms with Gasteiger partial charge in [0.2, 0.25) is 0 Å². The molecule has 0 nitrogen and oxygen atoms in total. The van der Waals surface area contributed by atoms with Crippen LogP contribution < -0.4 is 24.8 Å². The molecule has 2 aliphatic carbocycles. The van der Waals surface area contributed by atoms with E-state index in [1.807, 2.05) is 0 Å². The van der Waals surface area contributed by atoms with E-state index in [4.69, 9.17) is 0 Å². The van der Waals surface area contributed by atoms with Crippen molar-refractivity contribution in [1.29, 1.82) is 0 Å². The molecule has 2 aliphatic rings. The van der Waals surface area contributed by atoms with E-state index in [-0.39, 0.29) is 24.8 Å². The molecule has 0 atom stereocenters. The maximum Gasteiger partial charge on any atom is -1.00 e. The molecular weight excluding hydrogens is 558 g/mol. The number of fused-ring (bicyclic) bond motifs is 3. The number of hydrogen-bond acceptors (Lipinski definition) is 0. The van der Waals surface area contributed by atoms with E-state index in [0.717, 1.165) is 6.42 Å². The molecule has 0 N–H and O–H groups in total. The minimum absolute atomic E-state index is 0. The summed E-state index contributed by atoms with van der Waals surface area (Å²) in [7, 11) is 0. The van der Waals surface area contributed by atoms with E-state index in [2.05, 4.69) is 129 Å². The van der Waals surface area contributed by atoms with Gasteiger partial charge in [-0.15, -0.1) is 0 Å². The molecule has 36 heavy (non-hydrogen) atoms. The molecule has 0 spiro atoms. The molecule has 0 aromatic heterocycles. The molecule has 4 aromatic carbocycles. The average molecular weight is 587 g/mol. The van der Waals surface area contributed by atoms with Crippen LogP contribution in [0.15, 0.2) is 119 Å². The van der Waals surface area contributed by atoms with Crippen LogP contribution in [0.3, 0.4) is 0 Å². The van der Waals surface area contributed by atoms with E-state index < -0.39 is 21.3 Å². The molecule has 6 rings (SSSR count). The van der Waals surface area contributed by atoms with Gasteiger partial charge in [-0.3, -0.25) is 0 Å². The van der Waals surface area contributed by atoms with Crippen LogP contribution in [-0.2, 0) is 21.3 Å². The molecule has 0 saturated heterocycles. The molecular formula is C33H28Cl2Zr. The Balaban J connectivity index is 0.00000152. The van der Waals surface area contributed by atoms with Gasteiger partial charge in [0.25, 0.3) is 0 Å². The standard InChI is InChI=1S/C15H13.C13H10.C5H5.2ClH.Zr/c1-10-3-5-14-12(7-10)9-13-8-11(2)4-6-15(13)14;1-3-7-12(8-4-1)11-13-9-5-2-6-10-13;1-2-4-5-3-1;;;/h3-9H,1-2H3;1-10H;1-3H,4H2;2*1H;/q;;;;;+2/p-2. The zero-order valence-electron chi connectivity index (χ0n) is 20.5. The van der Waals surface area contributed by atoms with Gasteiger partial charge in [0, 0.05) is 0 Å². The predicted molar refractivity (Wildman–Crippen MR) is 141 cm³/mol. The van der Waals surface area contributed by atoms with E-state index in [0.29, 0.717) is 3.63 Å². The third-order valence-corrected chi connectivity index (χ3v) is 15.4. The summed E-state index contributed by atoms with van der Waals surface area (Å²) >= 11 is -2.52. The van der Waals surface area contributed by atoms with Crippen molar-refractivity contribution >= 4 is 3.21 Å². The van der Waals surface area contributed by atoms with Crippen molar-refractivity contribution < 1.29 is 46.1 Å². The van der Waals surface area contributed by atoms with Crippen molar-refractivity contribution in [3.63, 3.8) is 0 Å². The normalized spacial score (nSPS) is 13.0. The number of allylic oxidation sites excluding steroid dienone is 4. The first-order valence-electron chi connectivity index (χ1n) is 12.1. The van der Waals surface area contributed by atoms with Crippen LogP contribution in [0.25, 0.3) is 11.1 Å². The molecule has 3 heteroatoms. The first-order chi connectivity index (χ1) is 16.7. The van der Waals surface area contributed by atoms with Crippen LogP contribution in [0.4, 0.5) is 0 Å². The summed E-state index contributed by atoms with van der Waals surface area (Å²) in [5.41, 5.74) is 11.5. The second-order valence-corrected chi connectivity index (χ2v) is 15.7. The molecule has 0 heterocycles. The Labute approximate surface area is 234 Å². The molecule has 0 unspecified atom stereocenters. The van der Waals surface area contributed by atoms with Crippen molar-refractivity contribution in [3.8, 4) is 11.1 Å². The van der Waals surface area contributed by atoms with Crippen LogP contribution in [-0.4, -0.2) is 3.21 Å². The van der Waals surface area contributed by atoms with Crippen molar-refractivity contribution in [3.05, 3.63) is 152 Å². The van der Waals surface area contributed by atoms with Gasteiger partial charge < -0.3 is 24.8 Å². The Kier molecular flexibility index (Phi) is 8.46. The molecule has 0 amide bonds. The van der Waals surface area contributed by atoms with Crippen molar-refractivity contribution in [1.82, 2.24) is 0 Å². The molecule has 178 valence electrons.